The number of fused-ring (bicyclic) bond motifs is 1. The molecule has 0 N–H and O–H groups in total. The van der Waals surface area contributed by atoms with E-state index in [1.165, 1.54) is 48.9 Å². The summed E-state index contributed by atoms with van der Waals surface area (Å²) in [6.45, 7) is 3.83. The summed E-state index contributed by atoms with van der Waals surface area (Å²) in [5.41, 5.74) is 1.39. The van der Waals surface area contributed by atoms with Gasteiger partial charge in [-0.2, -0.15) is 0 Å². The number of quaternary nitrogens is 1. The molecule has 0 saturated carbocycles. The Labute approximate surface area is 104 Å². The maximum absolute atomic E-state index is 6.06. The molecule has 17 heavy (non-hydrogen) atoms. The first-order chi connectivity index (χ1) is 8.25. The molecule has 0 radical (unpaired) electrons. The van der Waals surface area contributed by atoms with E-state index in [1.54, 1.807) is 0 Å². The van der Waals surface area contributed by atoms with Crippen LogP contribution in [0.1, 0.15) is 24.8 Å². The van der Waals surface area contributed by atoms with Gasteiger partial charge in [0.25, 0.3) is 0 Å². The average molecular weight is 232 g/mol. The Morgan fingerprint density at radius 2 is 1.94 bits per heavy atom. The van der Waals surface area contributed by atoms with Crippen molar-refractivity contribution < 1.29 is 9.22 Å². The second-order valence-electron chi connectivity index (χ2n) is 5.86. The van der Waals surface area contributed by atoms with Crippen LogP contribution in [-0.4, -0.2) is 37.3 Å². The maximum Gasteiger partial charge on any atom is 0.151 e. The van der Waals surface area contributed by atoms with Crippen molar-refractivity contribution in [2.24, 2.45) is 0 Å². The number of hydrogen-bond acceptors (Lipinski definition) is 1. The van der Waals surface area contributed by atoms with Gasteiger partial charge in [-0.15, -0.1) is 0 Å². The second kappa shape index (κ2) is 4.34. The molecule has 1 aromatic rings. The monoisotopic (exact) mass is 232 g/mol. The van der Waals surface area contributed by atoms with Crippen molar-refractivity contribution in [2.75, 3.05) is 26.7 Å². The molecule has 2 aliphatic rings. The molecular formula is C15H22NO+. The molecule has 0 amide bonds. The summed E-state index contributed by atoms with van der Waals surface area (Å²) in [7, 11) is 2.39. The molecule has 2 heteroatoms. The molecular weight excluding hydrogens is 210 g/mol. The largest absolute Gasteiger partial charge is 0.484 e. The zero-order valence-electron chi connectivity index (χ0n) is 10.7. The highest BCUT2D eigenvalue weighted by Crippen LogP contribution is 2.30. The number of ether oxygens (including phenoxy) is 1. The predicted octanol–water partition coefficient (Wildman–Crippen LogP) is 2.62. The third-order valence-electron chi connectivity index (χ3n) is 4.25. The van der Waals surface area contributed by atoms with E-state index in [9.17, 15) is 0 Å². The van der Waals surface area contributed by atoms with Gasteiger partial charge in [0, 0.05) is 6.42 Å². The third-order valence-corrected chi connectivity index (χ3v) is 4.25. The molecule has 2 heterocycles. The zero-order valence-corrected chi connectivity index (χ0v) is 10.7. The summed E-state index contributed by atoms with van der Waals surface area (Å²) >= 11 is 0. The number of hydrogen-bond donors (Lipinski definition) is 0. The molecule has 2 nitrogen and oxygen atoms in total. The fraction of sp³-hybridized carbons (Fsp3) is 0.600. The van der Waals surface area contributed by atoms with Crippen LogP contribution in [0.2, 0.25) is 0 Å². The molecule has 0 spiro atoms. The van der Waals surface area contributed by atoms with Gasteiger partial charge in [-0.1, -0.05) is 18.2 Å². The van der Waals surface area contributed by atoms with Crippen molar-refractivity contribution in [1.82, 2.24) is 0 Å². The summed E-state index contributed by atoms with van der Waals surface area (Å²) < 4.78 is 7.27. The number of para-hydroxylation sites is 1. The molecule has 1 atom stereocenters. The molecule has 1 saturated heterocycles. The molecule has 1 fully saturated rings. The van der Waals surface area contributed by atoms with Crippen molar-refractivity contribution in [3.05, 3.63) is 29.8 Å². The number of benzene rings is 1. The second-order valence-corrected chi connectivity index (χ2v) is 5.86. The van der Waals surface area contributed by atoms with E-state index in [0.29, 0.717) is 6.10 Å². The SMILES string of the molecule is C[N+]1(CC2Cc3ccccc3O2)CCCCC1. The molecule has 3 rings (SSSR count). The van der Waals surface area contributed by atoms with Crippen LogP contribution in [0.15, 0.2) is 24.3 Å². The zero-order chi connectivity index (χ0) is 11.7. The Bertz CT molecular complexity index is 371. The lowest BCUT2D eigenvalue weighted by atomic mass is 10.1. The van der Waals surface area contributed by atoms with E-state index in [1.807, 2.05) is 0 Å². The Morgan fingerprint density at radius 3 is 2.71 bits per heavy atom. The van der Waals surface area contributed by atoms with Crippen LogP contribution in [0.4, 0.5) is 0 Å². The van der Waals surface area contributed by atoms with Gasteiger partial charge in [0.2, 0.25) is 0 Å². The summed E-state index contributed by atoms with van der Waals surface area (Å²) in [5, 5.41) is 0. The summed E-state index contributed by atoms with van der Waals surface area (Å²) in [6, 6.07) is 8.48. The first-order valence-electron chi connectivity index (χ1n) is 6.83. The minimum atomic E-state index is 0.399. The van der Waals surface area contributed by atoms with E-state index in [2.05, 4.69) is 31.3 Å². The standard InChI is InChI=1S/C15H22NO/c1-16(9-5-2-6-10-16)12-14-11-13-7-3-4-8-15(13)17-14/h3-4,7-8,14H,2,5-6,9-12H2,1H3/q+1. The number of nitrogens with zero attached hydrogens (tertiary/aromatic N) is 1. The maximum atomic E-state index is 6.06. The summed E-state index contributed by atoms with van der Waals surface area (Å²) in [6.07, 6.45) is 5.69. The number of piperidine rings is 1. The Morgan fingerprint density at radius 1 is 1.18 bits per heavy atom. The quantitative estimate of drug-likeness (QED) is 0.712. The van der Waals surface area contributed by atoms with E-state index < -0.39 is 0 Å². The topological polar surface area (TPSA) is 9.23 Å². The van der Waals surface area contributed by atoms with Crippen molar-refractivity contribution in [1.29, 1.82) is 0 Å². The number of likely N-dealkylation sites (tertiary alicyclic amines) is 1. The van der Waals surface area contributed by atoms with Crippen molar-refractivity contribution in [3.63, 3.8) is 0 Å². The van der Waals surface area contributed by atoms with Crippen molar-refractivity contribution in [2.45, 2.75) is 31.8 Å². The van der Waals surface area contributed by atoms with Gasteiger partial charge in [0.1, 0.15) is 12.3 Å². The lowest BCUT2D eigenvalue weighted by Crippen LogP contribution is -2.52. The van der Waals surface area contributed by atoms with Gasteiger partial charge in [0.15, 0.2) is 6.10 Å². The van der Waals surface area contributed by atoms with Crippen LogP contribution in [0, 0.1) is 0 Å². The number of likely N-dealkylation sites (N-methyl/N-ethyl adjacent to an activating group) is 1. The van der Waals surface area contributed by atoms with Gasteiger partial charge in [-0.25, -0.2) is 0 Å². The van der Waals surface area contributed by atoms with Crippen LogP contribution in [0.3, 0.4) is 0 Å². The summed E-state index contributed by atoms with van der Waals surface area (Å²) in [5.74, 6) is 1.11. The minimum absolute atomic E-state index is 0.399. The molecule has 2 aliphatic heterocycles. The molecule has 0 bridgehead atoms. The first-order valence-corrected chi connectivity index (χ1v) is 6.83. The normalized spacial score (nSPS) is 26.3. The molecule has 0 aliphatic carbocycles. The first kappa shape index (κ1) is 11.1. The van der Waals surface area contributed by atoms with Crippen LogP contribution in [0.25, 0.3) is 0 Å². The Hall–Kier alpha value is -1.02. The van der Waals surface area contributed by atoms with Crippen LogP contribution >= 0.6 is 0 Å². The van der Waals surface area contributed by atoms with Gasteiger partial charge in [-0.05, 0) is 30.9 Å². The predicted molar refractivity (Wildman–Crippen MR) is 69.2 cm³/mol. The average Bonchev–Trinajstić information content (AvgIpc) is 2.71. The van der Waals surface area contributed by atoms with E-state index >= 15 is 0 Å². The summed E-state index contributed by atoms with van der Waals surface area (Å²) in [4.78, 5) is 0. The highest BCUT2D eigenvalue weighted by atomic mass is 16.5. The lowest BCUT2D eigenvalue weighted by molar-refractivity contribution is -0.916. The fourth-order valence-electron chi connectivity index (χ4n) is 3.31. The van der Waals surface area contributed by atoms with E-state index in [-0.39, 0.29) is 0 Å². The lowest BCUT2D eigenvalue weighted by Gasteiger charge is -2.39. The van der Waals surface area contributed by atoms with Crippen molar-refractivity contribution >= 4 is 0 Å². The van der Waals surface area contributed by atoms with Gasteiger partial charge >= 0.3 is 0 Å². The molecule has 92 valence electrons. The van der Waals surface area contributed by atoms with E-state index in [4.69, 9.17) is 4.74 Å². The Balaban J connectivity index is 1.65. The van der Waals surface area contributed by atoms with Crippen molar-refractivity contribution in [3.8, 4) is 5.75 Å². The molecule has 0 aromatic heterocycles. The van der Waals surface area contributed by atoms with Gasteiger partial charge in [0.05, 0.1) is 20.1 Å². The number of rotatable bonds is 2. The van der Waals surface area contributed by atoms with Crippen LogP contribution in [-0.2, 0) is 6.42 Å². The smallest absolute Gasteiger partial charge is 0.151 e. The molecule has 1 aromatic carbocycles. The third kappa shape index (κ3) is 2.32. The van der Waals surface area contributed by atoms with E-state index in [0.717, 1.165) is 12.2 Å². The van der Waals surface area contributed by atoms with Gasteiger partial charge < -0.3 is 9.22 Å². The Kier molecular flexibility index (Phi) is 2.83. The van der Waals surface area contributed by atoms with Crippen LogP contribution in [0.5, 0.6) is 5.75 Å². The fourth-order valence-corrected chi connectivity index (χ4v) is 3.31. The van der Waals surface area contributed by atoms with Crippen LogP contribution < -0.4 is 4.74 Å². The highest BCUT2D eigenvalue weighted by molar-refractivity contribution is 5.37. The van der Waals surface area contributed by atoms with Gasteiger partial charge in [-0.3, -0.25) is 0 Å². The molecule has 1 unspecified atom stereocenters. The minimum Gasteiger partial charge on any atom is -0.484 e. The highest BCUT2D eigenvalue weighted by Gasteiger charge is 2.32.